The van der Waals surface area contributed by atoms with E-state index < -0.39 is 0 Å². The van der Waals surface area contributed by atoms with Crippen molar-refractivity contribution in [1.82, 2.24) is 0 Å². The molecule has 1 radical (unpaired) electrons. The summed E-state index contributed by atoms with van der Waals surface area (Å²) in [6.45, 7) is 2.06. The van der Waals surface area contributed by atoms with E-state index in [1.54, 1.807) is 0 Å². The van der Waals surface area contributed by atoms with Crippen molar-refractivity contribution in [3.8, 4) is 0 Å². The molecule has 37 valence electrons. The molecule has 0 heterocycles. The summed E-state index contributed by atoms with van der Waals surface area (Å²) in [6.07, 6.45) is 0. The zero-order chi connectivity index (χ0) is 5.11. The quantitative estimate of drug-likeness (QED) is 0.503. The molecule has 1 heteroatoms. The van der Waals surface area contributed by atoms with Gasteiger partial charge in [0.15, 0.2) is 0 Å². The molecule has 0 aliphatic carbocycles. The Balaban J connectivity index is 0.000000490. The van der Waals surface area contributed by atoms with Gasteiger partial charge in [-0.2, -0.15) is 0 Å². The van der Waals surface area contributed by atoms with Crippen molar-refractivity contribution in [1.29, 1.82) is 0 Å². The Morgan fingerprint density at radius 2 is 1.75 bits per heavy atom. The normalized spacial score (nSPS) is 7.62. The molecular formula is C7H7Zn. The molecule has 0 nitrogen and oxygen atoms in total. The smallest absolute Gasteiger partial charge is 0 e. The third-order valence-corrected chi connectivity index (χ3v) is 0.885. The summed E-state index contributed by atoms with van der Waals surface area (Å²) < 4.78 is 0. The van der Waals surface area contributed by atoms with Gasteiger partial charge in [-0.05, 0) is 13.0 Å². The molecule has 0 fully saturated rings. The van der Waals surface area contributed by atoms with E-state index in [1.807, 2.05) is 24.3 Å². The fourth-order valence-corrected chi connectivity index (χ4v) is 0.470. The monoisotopic (exact) mass is 155 g/mol. The molecule has 0 atom stereocenters. The molecule has 0 saturated heterocycles. The molecule has 0 aliphatic heterocycles. The molecule has 0 N–H and O–H groups in total. The summed E-state index contributed by atoms with van der Waals surface area (Å²) in [5.74, 6) is 0. The van der Waals surface area contributed by atoms with Crippen LogP contribution in [-0.2, 0) is 19.5 Å². The van der Waals surface area contributed by atoms with Gasteiger partial charge in [0, 0.05) is 19.5 Å². The maximum Gasteiger partial charge on any atom is 0 e. The van der Waals surface area contributed by atoms with Gasteiger partial charge in [-0.3, -0.25) is 0 Å². The minimum absolute atomic E-state index is 0. The van der Waals surface area contributed by atoms with Crippen LogP contribution in [0.25, 0.3) is 0 Å². The molecule has 1 aromatic carbocycles. The van der Waals surface area contributed by atoms with Crippen LogP contribution in [0.4, 0.5) is 0 Å². The Morgan fingerprint density at radius 1 is 1.25 bits per heavy atom. The first-order chi connectivity index (χ1) is 3.39. The first-order valence-corrected chi connectivity index (χ1v) is 2.32. The number of rotatable bonds is 0. The van der Waals surface area contributed by atoms with Gasteiger partial charge in [-0.15, -0.1) is 0 Å². The minimum Gasteiger partial charge on any atom is -0.0587 e. The van der Waals surface area contributed by atoms with Gasteiger partial charge < -0.3 is 0 Å². The van der Waals surface area contributed by atoms with Crippen LogP contribution >= 0.6 is 0 Å². The average molecular weight is 157 g/mol. The van der Waals surface area contributed by atoms with Crippen LogP contribution in [0.1, 0.15) is 5.56 Å². The van der Waals surface area contributed by atoms with Crippen LogP contribution in [0.15, 0.2) is 24.3 Å². The van der Waals surface area contributed by atoms with Crippen molar-refractivity contribution >= 4 is 0 Å². The van der Waals surface area contributed by atoms with Crippen LogP contribution in [0.2, 0.25) is 0 Å². The molecule has 8 heavy (non-hydrogen) atoms. The van der Waals surface area contributed by atoms with E-state index in [2.05, 4.69) is 13.0 Å². The van der Waals surface area contributed by atoms with Crippen molar-refractivity contribution in [2.45, 2.75) is 6.92 Å². The number of aryl methyl sites for hydroxylation is 1. The first-order valence-electron chi connectivity index (χ1n) is 2.32. The average Bonchev–Trinajstić information content (AvgIpc) is 1.69. The van der Waals surface area contributed by atoms with Crippen LogP contribution < -0.4 is 0 Å². The predicted octanol–water partition coefficient (Wildman–Crippen LogP) is 1.79. The molecule has 1 aromatic rings. The molecule has 0 aromatic heterocycles. The van der Waals surface area contributed by atoms with E-state index in [4.69, 9.17) is 0 Å². The molecule has 0 aliphatic rings. The van der Waals surface area contributed by atoms with E-state index in [1.165, 1.54) is 5.56 Å². The zero-order valence-corrected chi connectivity index (χ0v) is 7.98. The van der Waals surface area contributed by atoms with Crippen LogP contribution in [0, 0.1) is 13.0 Å². The first kappa shape index (κ1) is 7.84. The molecule has 0 amide bonds. The van der Waals surface area contributed by atoms with E-state index in [9.17, 15) is 0 Å². The zero-order valence-electron chi connectivity index (χ0n) is 5.02. The van der Waals surface area contributed by atoms with Crippen LogP contribution in [0.3, 0.4) is 0 Å². The van der Waals surface area contributed by atoms with E-state index in [0.29, 0.717) is 0 Å². The predicted molar refractivity (Wildman–Crippen MR) is 30.0 cm³/mol. The maximum atomic E-state index is 2.93. The summed E-state index contributed by atoms with van der Waals surface area (Å²) in [7, 11) is 0. The summed E-state index contributed by atoms with van der Waals surface area (Å²) in [6, 6.07) is 10.8. The van der Waals surface area contributed by atoms with Crippen LogP contribution in [0.5, 0.6) is 0 Å². The SMILES string of the molecule is Cc1cc[c]cc1.[Zn]. The van der Waals surface area contributed by atoms with Crippen molar-refractivity contribution in [3.05, 3.63) is 35.9 Å². The standard InChI is InChI=1S/C7H7.Zn/c1-7-5-3-2-4-6-7;/h3-6H,1H3;. The fraction of sp³-hybridized carbons (Fsp3) is 0.143. The third kappa shape index (κ3) is 2.23. The molecular weight excluding hydrogens is 149 g/mol. The van der Waals surface area contributed by atoms with E-state index >= 15 is 0 Å². The Hall–Kier alpha value is -0.157. The Labute approximate surface area is 62.7 Å². The molecule has 1 rings (SSSR count). The number of hydrogen-bond acceptors (Lipinski definition) is 0. The molecule has 0 saturated carbocycles. The second-order valence-electron chi connectivity index (χ2n) is 1.58. The third-order valence-electron chi connectivity index (χ3n) is 0.885. The van der Waals surface area contributed by atoms with Crippen molar-refractivity contribution in [3.63, 3.8) is 0 Å². The van der Waals surface area contributed by atoms with Gasteiger partial charge in [-0.1, -0.05) is 29.8 Å². The van der Waals surface area contributed by atoms with E-state index in [-0.39, 0.29) is 19.5 Å². The Morgan fingerprint density at radius 3 is 2.00 bits per heavy atom. The summed E-state index contributed by atoms with van der Waals surface area (Å²) in [4.78, 5) is 0. The maximum absolute atomic E-state index is 2.93. The van der Waals surface area contributed by atoms with Crippen LogP contribution in [-0.4, -0.2) is 0 Å². The Bertz CT molecular complexity index is 134. The van der Waals surface area contributed by atoms with Crippen molar-refractivity contribution in [2.24, 2.45) is 0 Å². The topological polar surface area (TPSA) is 0 Å². The van der Waals surface area contributed by atoms with Crippen molar-refractivity contribution < 1.29 is 19.5 Å². The van der Waals surface area contributed by atoms with Gasteiger partial charge in [0.1, 0.15) is 0 Å². The van der Waals surface area contributed by atoms with Gasteiger partial charge >= 0.3 is 0 Å². The van der Waals surface area contributed by atoms with Crippen molar-refractivity contribution in [2.75, 3.05) is 0 Å². The molecule has 0 spiro atoms. The summed E-state index contributed by atoms with van der Waals surface area (Å²) in [5.41, 5.74) is 1.29. The van der Waals surface area contributed by atoms with Gasteiger partial charge in [0.05, 0.1) is 0 Å². The Kier molecular flexibility index (Phi) is 3.72. The van der Waals surface area contributed by atoms with Gasteiger partial charge in [0.2, 0.25) is 0 Å². The summed E-state index contributed by atoms with van der Waals surface area (Å²) >= 11 is 0. The van der Waals surface area contributed by atoms with Gasteiger partial charge in [0.25, 0.3) is 0 Å². The molecule has 0 bridgehead atoms. The second kappa shape index (κ2) is 3.80. The number of hydrogen-bond donors (Lipinski definition) is 0. The fourth-order valence-electron chi connectivity index (χ4n) is 0.470. The summed E-state index contributed by atoms with van der Waals surface area (Å²) in [5, 5.41) is 0. The molecule has 0 unspecified atom stereocenters. The number of benzene rings is 1. The van der Waals surface area contributed by atoms with E-state index in [0.717, 1.165) is 0 Å². The second-order valence-corrected chi connectivity index (χ2v) is 1.58. The largest absolute Gasteiger partial charge is 0.0587 e. The minimum atomic E-state index is 0. The van der Waals surface area contributed by atoms with Gasteiger partial charge in [-0.25, -0.2) is 0 Å².